The van der Waals surface area contributed by atoms with E-state index in [-0.39, 0.29) is 19.3 Å². The van der Waals surface area contributed by atoms with E-state index in [1.807, 2.05) is 0 Å². The first-order valence-corrected chi connectivity index (χ1v) is 12.5. The first-order valence-electron chi connectivity index (χ1n) is 12.5. The molecule has 0 aliphatic carbocycles. The van der Waals surface area contributed by atoms with Gasteiger partial charge in [0.25, 0.3) is 0 Å². The van der Waals surface area contributed by atoms with Crippen LogP contribution in [0.15, 0.2) is 30.5 Å². The average Bonchev–Trinajstić information content (AvgIpc) is 3.30. The first kappa shape index (κ1) is 32.2. The molecule has 41 heavy (non-hydrogen) atoms. The molecule has 16 nitrogen and oxygen atoms in total. The number of aromatic amines is 1. The molecular formula is C25H33N7O9. The molecule has 5 amide bonds. The second-order valence-electron chi connectivity index (χ2n) is 9.30. The highest BCUT2D eigenvalue weighted by Crippen LogP contribution is 2.19. The van der Waals surface area contributed by atoms with Gasteiger partial charge in [0.05, 0.1) is 12.5 Å². The summed E-state index contributed by atoms with van der Waals surface area (Å²) in [5, 5.41) is 26.0. The second kappa shape index (κ2) is 15.0. The number of nitrogens with two attached hydrogens (primary N) is 3. The Morgan fingerprint density at radius 2 is 1.37 bits per heavy atom. The van der Waals surface area contributed by atoms with E-state index in [2.05, 4.69) is 20.9 Å². The van der Waals surface area contributed by atoms with Crippen molar-refractivity contribution in [1.82, 2.24) is 20.9 Å². The van der Waals surface area contributed by atoms with Crippen molar-refractivity contribution in [1.29, 1.82) is 0 Å². The van der Waals surface area contributed by atoms with Crippen molar-refractivity contribution in [2.75, 3.05) is 0 Å². The van der Waals surface area contributed by atoms with E-state index in [1.165, 1.54) is 0 Å². The average molecular weight is 576 g/mol. The number of aromatic nitrogens is 1. The molecule has 0 fully saturated rings. The Kier molecular flexibility index (Phi) is 11.8. The number of amides is 5. The lowest BCUT2D eigenvalue weighted by atomic mass is 10.0. The third-order valence-electron chi connectivity index (χ3n) is 6.06. The Morgan fingerprint density at radius 1 is 0.780 bits per heavy atom. The van der Waals surface area contributed by atoms with E-state index in [4.69, 9.17) is 22.3 Å². The molecule has 0 aliphatic heterocycles. The molecule has 0 saturated heterocycles. The van der Waals surface area contributed by atoms with Gasteiger partial charge in [-0.3, -0.25) is 28.8 Å². The summed E-state index contributed by atoms with van der Waals surface area (Å²) in [5.74, 6) is -7.22. The molecule has 0 bridgehead atoms. The molecule has 12 N–H and O–H groups in total. The maximum atomic E-state index is 13.4. The van der Waals surface area contributed by atoms with Crippen molar-refractivity contribution in [3.8, 4) is 0 Å². The van der Waals surface area contributed by atoms with Crippen LogP contribution in [0.5, 0.6) is 0 Å². The molecule has 222 valence electrons. The molecule has 2 aromatic rings. The van der Waals surface area contributed by atoms with Crippen LogP contribution >= 0.6 is 0 Å². The first-order chi connectivity index (χ1) is 19.3. The number of benzene rings is 1. The fourth-order valence-corrected chi connectivity index (χ4v) is 3.94. The number of fused-ring (bicyclic) bond motifs is 1. The van der Waals surface area contributed by atoms with Crippen LogP contribution < -0.4 is 33.2 Å². The lowest BCUT2D eigenvalue weighted by molar-refractivity contribution is -0.143. The lowest BCUT2D eigenvalue weighted by Crippen LogP contribution is -2.58. The summed E-state index contributed by atoms with van der Waals surface area (Å²) in [6.07, 6.45) is -0.655. The van der Waals surface area contributed by atoms with E-state index in [9.17, 15) is 38.7 Å². The number of carbonyl (C=O) groups is 7. The van der Waals surface area contributed by atoms with Crippen LogP contribution in [0.2, 0.25) is 0 Å². The van der Waals surface area contributed by atoms with Gasteiger partial charge < -0.3 is 48.3 Å². The molecule has 0 aliphatic rings. The van der Waals surface area contributed by atoms with Crippen molar-refractivity contribution in [3.05, 3.63) is 36.0 Å². The molecule has 2 rings (SSSR count). The third-order valence-corrected chi connectivity index (χ3v) is 6.06. The molecule has 4 atom stereocenters. The quantitative estimate of drug-likeness (QED) is 0.0961. The number of hydrogen-bond acceptors (Lipinski definition) is 8. The van der Waals surface area contributed by atoms with Crippen LogP contribution in [0.4, 0.5) is 0 Å². The van der Waals surface area contributed by atoms with Crippen LogP contribution in [0.25, 0.3) is 10.9 Å². The topological polar surface area (TPSA) is 290 Å². The van der Waals surface area contributed by atoms with E-state index in [0.29, 0.717) is 5.56 Å². The lowest BCUT2D eigenvalue weighted by Gasteiger charge is -2.25. The summed E-state index contributed by atoms with van der Waals surface area (Å²) in [5.41, 5.74) is 17.4. The Hall–Kier alpha value is -4.99. The van der Waals surface area contributed by atoms with Crippen LogP contribution in [0.1, 0.15) is 37.7 Å². The zero-order valence-corrected chi connectivity index (χ0v) is 21.9. The Morgan fingerprint density at radius 3 is 1.98 bits per heavy atom. The third kappa shape index (κ3) is 10.2. The van der Waals surface area contributed by atoms with E-state index in [0.717, 1.165) is 10.9 Å². The largest absolute Gasteiger partial charge is 0.481 e. The number of nitrogens with one attached hydrogen (secondary N) is 4. The number of carbonyl (C=O) groups excluding carboxylic acids is 5. The SMILES string of the molecule is NC(=O)CCC(NC(=O)C(Cc1c[nH]c2ccccc12)NC(=O)C(N)CC(N)=O)C(=O)NC(CCC(=O)O)C(=O)O. The maximum absolute atomic E-state index is 13.4. The Bertz CT molecular complexity index is 1310. The summed E-state index contributed by atoms with van der Waals surface area (Å²) in [6.45, 7) is 0. The number of rotatable bonds is 17. The van der Waals surface area contributed by atoms with Crippen molar-refractivity contribution in [2.24, 2.45) is 17.2 Å². The minimum Gasteiger partial charge on any atom is -0.481 e. The molecule has 0 spiro atoms. The highest BCUT2D eigenvalue weighted by atomic mass is 16.4. The van der Waals surface area contributed by atoms with Gasteiger partial charge in [0.2, 0.25) is 29.5 Å². The number of hydrogen-bond donors (Lipinski definition) is 9. The number of aliphatic carboxylic acids is 2. The number of H-pyrrole nitrogens is 1. The Labute approximate surface area is 233 Å². The van der Waals surface area contributed by atoms with Crippen molar-refractivity contribution >= 4 is 52.4 Å². The monoisotopic (exact) mass is 575 g/mol. The number of carboxylic acids is 2. The van der Waals surface area contributed by atoms with Crippen LogP contribution in [-0.2, 0) is 40.0 Å². The predicted molar refractivity (Wildman–Crippen MR) is 143 cm³/mol. The maximum Gasteiger partial charge on any atom is 0.326 e. The smallest absolute Gasteiger partial charge is 0.326 e. The molecule has 4 unspecified atom stereocenters. The van der Waals surface area contributed by atoms with Gasteiger partial charge in [-0.15, -0.1) is 0 Å². The zero-order chi connectivity index (χ0) is 30.7. The van der Waals surface area contributed by atoms with Crippen molar-refractivity contribution < 1.29 is 43.8 Å². The van der Waals surface area contributed by atoms with E-state index >= 15 is 0 Å². The molecule has 1 aromatic carbocycles. The second-order valence-corrected chi connectivity index (χ2v) is 9.30. The summed E-state index contributed by atoms with van der Waals surface area (Å²) in [7, 11) is 0. The molecule has 0 saturated carbocycles. The summed E-state index contributed by atoms with van der Waals surface area (Å²) < 4.78 is 0. The standard InChI is InChI=1S/C25H33N7O9/c26-14(10-20(28)34)22(37)32-18(9-12-11-29-15-4-2-1-3-13(12)15)24(39)30-16(5-7-19(27)33)23(38)31-17(25(40)41)6-8-21(35)36/h1-4,11,14,16-18,29H,5-10,26H2,(H2,27,33)(H2,28,34)(H,30,39)(H,31,38)(H,32,37)(H,35,36)(H,40,41). The normalized spacial score (nSPS) is 13.8. The van der Waals surface area contributed by atoms with Gasteiger partial charge in [0.15, 0.2) is 0 Å². The summed E-state index contributed by atoms with van der Waals surface area (Å²) in [4.78, 5) is 87.1. The van der Waals surface area contributed by atoms with Gasteiger partial charge in [-0.05, 0) is 24.5 Å². The van der Waals surface area contributed by atoms with Crippen molar-refractivity contribution in [3.63, 3.8) is 0 Å². The zero-order valence-electron chi connectivity index (χ0n) is 21.9. The van der Waals surface area contributed by atoms with Crippen molar-refractivity contribution in [2.45, 2.75) is 62.7 Å². The molecule has 16 heteroatoms. The van der Waals surface area contributed by atoms with Gasteiger partial charge in [-0.25, -0.2) is 4.79 Å². The number of primary amides is 2. The minimum atomic E-state index is -1.60. The van der Waals surface area contributed by atoms with Gasteiger partial charge in [0.1, 0.15) is 18.1 Å². The summed E-state index contributed by atoms with van der Waals surface area (Å²) in [6, 6.07) is 1.34. The highest BCUT2D eigenvalue weighted by molar-refractivity contribution is 5.96. The summed E-state index contributed by atoms with van der Waals surface area (Å²) >= 11 is 0. The number of para-hydroxylation sites is 1. The fraction of sp³-hybridized carbons (Fsp3) is 0.400. The molecule has 0 radical (unpaired) electrons. The van der Waals surface area contributed by atoms with E-state index in [1.54, 1.807) is 30.5 Å². The van der Waals surface area contributed by atoms with Crippen LogP contribution in [-0.4, -0.2) is 80.8 Å². The predicted octanol–water partition coefficient (Wildman–Crippen LogP) is -2.42. The highest BCUT2D eigenvalue weighted by Gasteiger charge is 2.31. The molecular weight excluding hydrogens is 542 g/mol. The number of carboxylic acid groups (broad SMARTS) is 2. The van der Waals surface area contributed by atoms with Gasteiger partial charge in [-0.1, -0.05) is 18.2 Å². The van der Waals surface area contributed by atoms with Crippen LogP contribution in [0, 0.1) is 0 Å². The van der Waals surface area contributed by atoms with Gasteiger partial charge in [0, 0.05) is 36.4 Å². The van der Waals surface area contributed by atoms with E-state index < -0.39 is 84.9 Å². The van der Waals surface area contributed by atoms with Gasteiger partial charge >= 0.3 is 11.9 Å². The minimum absolute atomic E-state index is 0.0919. The van der Waals surface area contributed by atoms with Crippen LogP contribution in [0.3, 0.4) is 0 Å². The molecule has 1 heterocycles. The van der Waals surface area contributed by atoms with Gasteiger partial charge in [-0.2, -0.15) is 0 Å². The molecule has 1 aromatic heterocycles. The fourth-order valence-electron chi connectivity index (χ4n) is 3.94. The Balaban J connectivity index is 2.31.